The van der Waals surface area contributed by atoms with E-state index in [1.165, 1.54) is 13.8 Å². The van der Waals surface area contributed by atoms with Crippen molar-refractivity contribution < 1.29 is 53.4 Å². The van der Waals surface area contributed by atoms with Crippen molar-refractivity contribution in [2.45, 2.75) is 153 Å². The number of nitrogens with one attached hydrogen (secondary N) is 9. The maximum Gasteiger partial charge on any atom is 0.245 e. The van der Waals surface area contributed by atoms with Crippen molar-refractivity contribution in [2.24, 2.45) is 40.5 Å². The third kappa shape index (κ3) is 21.3. The number of halogens is 1. The Morgan fingerprint density at radius 1 is 0.591 bits per heavy atom. The summed E-state index contributed by atoms with van der Waals surface area (Å²) in [6, 6.07) is -12.5. The van der Waals surface area contributed by atoms with Crippen LogP contribution in [0.1, 0.15) is 86.5 Å². The van der Waals surface area contributed by atoms with Crippen LogP contribution in [0.15, 0.2) is 0 Å². The second-order valence-electron chi connectivity index (χ2n) is 17.1. The molecule has 380 valence electrons. The summed E-state index contributed by atoms with van der Waals surface area (Å²) in [6.45, 7) is 8.86. The highest BCUT2D eigenvalue weighted by Crippen LogP contribution is 2.11. The maximum absolute atomic E-state index is 14.1. The number of carbonyl (C=O) groups excluding carboxylic acids is 9. The summed E-state index contributed by atoms with van der Waals surface area (Å²) in [4.78, 5) is 123. The van der Waals surface area contributed by atoms with Crippen LogP contribution in [0.3, 0.4) is 0 Å². The number of rotatable bonds is 18. The molecule has 0 radical (unpaired) electrons. The van der Waals surface area contributed by atoms with E-state index in [1.54, 1.807) is 27.7 Å². The van der Waals surface area contributed by atoms with E-state index in [0.717, 1.165) is 0 Å². The molecular weight excluding hydrogens is 888 g/mol. The van der Waals surface area contributed by atoms with E-state index in [2.05, 4.69) is 47.9 Å². The van der Waals surface area contributed by atoms with Gasteiger partial charge in [-0.05, 0) is 96.8 Å². The van der Waals surface area contributed by atoms with Crippen molar-refractivity contribution >= 4 is 65.6 Å². The van der Waals surface area contributed by atoms with Gasteiger partial charge in [0.1, 0.15) is 54.4 Å². The zero-order valence-electron chi connectivity index (χ0n) is 38.9. The summed E-state index contributed by atoms with van der Waals surface area (Å²) < 4.78 is 0. The van der Waals surface area contributed by atoms with Gasteiger partial charge in [-0.1, -0.05) is 27.7 Å². The summed E-state index contributed by atoms with van der Waals surface area (Å²) in [5, 5.41) is 43.2. The molecule has 25 nitrogen and oxygen atoms in total. The van der Waals surface area contributed by atoms with Crippen molar-refractivity contribution in [1.82, 2.24) is 47.9 Å². The molecule has 0 aliphatic carbocycles. The van der Waals surface area contributed by atoms with Gasteiger partial charge in [0, 0.05) is 6.54 Å². The molecule has 1 aliphatic heterocycles. The molecule has 26 heteroatoms. The van der Waals surface area contributed by atoms with Crippen LogP contribution in [0.25, 0.3) is 0 Å². The molecule has 0 aromatic rings. The lowest BCUT2D eigenvalue weighted by Gasteiger charge is -2.29. The van der Waals surface area contributed by atoms with Crippen molar-refractivity contribution in [1.29, 1.82) is 0 Å². The van der Waals surface area contributed by atoms with Crippen LogP contribution in [0, 0.1) is 11.8 Å². The molecule has 66 heavy (non-hydrogen) atoms. The summed E-state index contributed by atoms with van der Waals surface area (Å²) in [5.74, 6) is -8.14. The molecule has 1 saturated heterocycles. The van der Waals surface area contributed by atoms with E-state index in [-0.39, 0.29) is 102 Å². The molecule has 1 aliphatic rings. The monoisotopic (exact) mass is 965 g/mol. The van der Waals surface area contributed by atoms with Gasteiger partial charge in [-0.25, -0.2) is 0 Å². The highest BCUT2D eigenvalue weighted by molar-refractivity contribution is 5.98. The van der Waals surface area contributed by atoms with Crippen LogP contribution in [0.4, 0.5) is 0 Å². The largest absolute Gasteiger partial charge is 0.391 e. The minimum atomic E-state index is -1.62. The predicted molar refractivity (Wildman–Crippen MR) is 245 cm³/mol. The SMILES string of the molecule is CC(C)CC1NC(=O)C(CCN)NC(=O)C(NC(=O)C(CCN)NC(=O)C(N)C(C)O)CCNC(=O)C(C(C)O)NC(=O)C(CCN)NC(=O)C(CCN)NC(=O)C(CC(C)C)NC1=O.Cl. The maximum atomic E-state index is 14.1. The standard InChI is InChI=1S/C40H76N14O11.ClH/c1-19(2)17-28-37(62)49-23(7-12-41)32(57)48-26(10-15-44)36(61)54-31(22(6)56)40(65)46-16-11-27(50-33(58)25(9-14-43)51-39(64)30(45)21(5)55)35(60)47-24(8-13-42)34(59)52-29(18-20(3)4)38(63)53-28;/h19-31,55-56H,7-18,41-45H2,1-6H3,(H,46,65)(H,47,60)(H,48,57)(H,49,62)(H,50,58)(H,51,64)(H,52,59)(H,53,63)(H,54,61);1H. The number of aliphatic hydroxyl groups is 2. The molecule has 11 atom stereocenters. The highest BCUT2D eigenvalue weighted by atomic mass is 35.5. The highest BCUT2D eigenvalue weighted by Gasteiger charge is 2.36. The lowest BCUT2D eigenvalue weighted by atomic mass is 9.99. The summed E-state index contributed by atoms with van der Waals surface area (Å²) in [5.41, 5.74) is 28.9. The van der Waals surface area contributed by atoms with Gasteiger partial charge in [0.25, 0.3) is 0 Å². The molecule has 1 fully saturated rings. The first-order valence-corrected chi connectivity index (χ1v) is 22.1. The molecule has 1 rings (SSSR count). The van der Waals surface area contributed by atoms with Crippen molar-refractivity contribution in [3.05, 3.63) is 0 Å². The van der Waals surface area contributed by atoms with Gasteiger partial charge in [0.15, 0.2) is 0 Å². The Morgan fingerprint density at radius 3 is 1.36 bits per heavy atom. The normalized spacial score (nSPS) is 25.3. The minimum Gasteiger partial charge on any atom is -0.391 e. The number of hydrogen-bond acceptors (Lipinski definition) is 16. The van der Waals surface area contributed by atoms with E-state index in [1.807, 2.05) is 0 Å². The average Bonchev–Trinajstić information content (AvgIpc) is 3.22. The lowest BCUT2D eigenvalue weighted by molar-refractivity contribution is -0.136. The smallest absolute Gasteiger partial charge is 0.245 e. The molecule has 0 saturated carbocycles. The Labute approximate surface area is 392 Å². The molecule has 0 spiro atoms. The number of aliphatic hydroxyl groups excluding tert-OH is 2. The van der Waals surface area contributed by atoms with Crippen molar-refractivity contribution in [3.63, 3.8) is 0 Å². The van der Waals surface area contributed by atoms with Crippen LogP contribution in [0.5, 0.6) is 0 Å². The first-order chi connectivity index (χ1) is 30.5. The molecule has 0 aromatic carbocycles. The first-order valence-electron chi connectivity index (χ1n) is 22.1. The minimum absolute atomic E-state index is 0. The first kappa shape index (κ1) is 61.2. The fraction of sp³-hybridized carbons (Fsp3) is 0.775. The van der Waals surface area contributed by atoms with Gasteiger partial charge in [-0.3, -0.25) is 43.2 Å². The molecule has 11 unspecified atom stereocenters. The third-order valence-electron chi connectivity index (χ3n) is 10.3. The van der Waals surface area contributed by atoms with E-state index in [9.17, 15) is 53.4 Å². The van der Waals surface area contributed by atoms with Gasteiger partial charge in [-0.15, -0.1) is 12.4 Å². The Morgan fingerprint density at radius 2 is 0.985 bits per heavy atom. The van der Waals surface area contributed by atoms with Crippen LogP contribution in [-0.4, -0.2) is 163 Å². The van der Waals surface area contributed by atoms with Crippen LogP contribution < -0.4 is 76.5 Å². The Hall–Kier alpha value is -4.76. The second-order valence-corrected chi connectivity index (χ2v) is 17.1. The zero-order chi connectivity index (χ0) is 49.6. The number of amides is 9. The van der Waals surface area contributed by atoms with Crippen molar-refractivity contribution in [3.8, 4) is 0 Å². The Balaban J connectivity index is 0.0000422. The lowest BCUT2D eigenvalue weighted by Crippen LogP contribution is -2.61. The molecule has 0 bridgehead atoms. The Kier molecular flexibility index (Phi) is 29.0. The summed E-state index contributed by atoms with van der Waals surface area (Å²) >= 11 is 0. The molecule has 21 N–H and O–H groups in total. The average molecular weight is 966 g/mol. The molecule has 9 amide bonds. The van der Waals surface area contributed by atoms with Crippen LogP contribution in [0.2, 0.25) is 0 Å². The quantitative estimate of drug-likeness (QED) is 0.0607. The van der Waals surface area contributed by atoms with E-state index < -0.39 is 120 Å². The molecule has 0 aromatic heterocycles. The van der Waals surface area contributed by atoms with Crippen LogP contribution >= 0.6 is 12.4 Å². The fourth-order valence-corrected chi connectivity index (χ4v) is 6.65. The number of carbonyl (C=O) groups is 9. The van der Waals surface area contributed by atoms with Crippen molar-refractivity contribution in [2.75, 3.05) is 32.7 Å². The van der Waals surface area contributed by atoms with Gasteiger partial charge >= 0.3 is 0 Å². The van der Waals surface area contributed by atoms with E-state index in [4.69, 9.17) is 28.7 Å². The number of hydrogen-bond donors (Lipinski definition) is 16. The topological polar surface area (TPSA) is 432 Å². The zero-order valence-corrected chi connectivity index (χ0v) is 39.7. The van der Waals surface area contributed by atoms with Gasteiger partial charge < -0.3 is 86.7 Å². The predicted octanol–water partition coefficient (Wildman–Crippen LogP) is -6.62. The number of nitrogens with two attached hydrogens (primary N) is 5. The fourth-order valence-electron chi connectivity index (χ4n) is 6.65. The van der Waals surface area contributed by atoms with Gasteiger partial charge in [0.05, 0.1) is 12.2 Å². The summed E-state index contributed by atoms with van der Waals surface area (Å²) in [6.07, 6.45) is -3.51. The molecular formula is C40H77ClN14O11. The van der Waals surface area contributed by atoms with Gasteiger partial charge in [-0.2, -0.15) is 0 Å². The summed E-state index contributed by atoms with van der Waals surface area (Å²) in [7, 11) is 0. The van der Waals surface area contributed by atoms with E-state index >= 15 is 0 Å². The van der Waals surface area contributed by atoms with E-state index in [0.29, 0.717) is 0 Å². The second kappa shape index (κ2) is 31.3. The Bertz CT molecular complexity index is 1610. The van der Waals surface area contributed by atoms with Gasteiger partial charge in [0.2, 0.25) is 53.2 Å². The molecule has 1 heterocycles. The third-order valence-corrected chi connectivity index (χ3v) is 10.3. The van der Waals surface area contributed by atoms with Crippen LogP contribution in [-0.2, 0) is 43.2 Å².